The summed E-state index contributed by atoms with van der Waals surface area (Å²) in [6.07, 6.45) is -0.730. The van der Waals surface area contributed by atoms with Crippen molar-refractivity contribution in [1.82, 2.24) is 0 Å². The number of amides is 1. The summed E-state index contributed by atoms with van der Waals surface area (Å²) in [6.45, 7) is 3.36. The van der Waals surface area contributed by atoms with Crippen LogP contribution >= 0.6 is 0 Å². The van der Waals surface area contributed by atoms with Crippen molar-refractivity contribution in [2.45, 2.75) is 26.3 Å². The molecule has 3 aromatic carbocycles. The zero-order chi connectivity index (χ0) is 23.8. The van der Waals surface area contributed by atoms with Gasteiger partial charge in [0.1, 0.15) is 6.61 Å². The number of carbonyl (C=O) groups excluding carboxylic acids is 1. The van der Waals surface area contributed by atoms with Crippen LogP contribution in [0, 0.1) is 13.8 Å². The highest BCUT2D eigenvalue weighted by Gasteiger charge is 2.29. The standard InChI is InChI=1S/C24H23FN2O5S/c1-14-16(12-26)11-22(32-33(25,29)30)15(2)23(14)27-24(28)31-13-21-19-9-5-3-7-17(19)18-8-4-6-10-20(18)21/h3-11,21H,12-13,26H2,1-2H3,(H,27,28). The first-order valence-corrected chi connectivity index (χ1v) is 11.6. The zero-order valence-corrected chi connectivity index (χ0v) is 18.9. The highest BCUT2D eigenvalue weighted by molar-refractivity contribution is 7.81. The molecule has 9 heteroatoms. The highest BCUT2D eigenvalue weighted by atomic mass is 32.3. The van der Waals surface area contributed by atoms with Gasteiger partial charge < -0.3 is 14.7 Å². The van der Waals surface area contributed by atoms with Gasteiger partial charge in [-0.05, 0) is 53.3 Å². The van der Waals surface area contributed by atoms with Gasteiger partial charge in [-0.2, -0.15) is 8.42 Å². The Hall–Kier alpha value is -3.43. The average molecular weight is 471 g/mol. The topological polar surface area (TPSA) is 108 Å². The fraction of sp³-hybridized carbons (Fsp3) is 0.208. The molecule has 0 unspecified atom stereocenters. The van der Waals surface area contributed by atoms with Gasteiger partial charge in [0.25, 0.3) is 0 Å². The number of rotatable bonds is 6. The Bertz CT molecular complexity index is 1300. The van der Waals surface area contributed by atoms with Crippen LogP contribution in [0.2, 0.25) is 0 Å². The molecular weight excluding hydrogens is 447 g/mol. The maximum Gasteiger partial charge on any atom is 0.488 e. The lowest BCUT2D eigenvalue weighted by atomic mass is 9.98. The number of hydrogen-bond donors (Lipinski definition) is 2. The van der Waals surface area contributed by atoms with Crippen molar-refractivity contribution < 1.29 is 26.0 Å². The second-order valence-corrected chi connectivity index (χ2v) is 8.74. The van der Waals surface area contributed by atoms with Crippen molar-refractivity contribution in [1.29, 1.82) is 0 Å². The normalized spacial score (nSPS) is 12.7. The molecule has 33 heavy (non-hydrogen) atoms. The van der Waals surface area contributed by atoms with Gasteiger partial charge in [-0.1, -0.05) is 52.4 Å². The number of hydrogen-bond acceptors (Lipinski definition) is 6. The molecule has 172 valence electrons. The van der Waals surface area contributed by atoms with E-state index in [0.29, 0.717) is 11.1 Å². The van der Waals surface area contributed by atoms with Gasteiger partial charge in [0.05, 0.1) is 5.69 Å². The number of anilines is 1. The molecule has 0 aliphatic heterocycles. The van der Waals surface area contributed by atoms with Crippen LogP contribution in [-0.2, 0) is 21.8 Å². The summed E-state index contributed by atoms with van der Waals surface area (Å²) in [6, 6.07) is 17.3. The quantitative estimate of drug-likeness (QED) is 0.505. The summed E-state index contributed by atoms with van der Waals surface area (Å²) in [5, 5.41) is 2.64. The Kier molecular flexibility index (Phi) is 6.09. The summed E-state index contributed by atoms with van der Waals surface area (Å²) in [4.78, 5) is 12.7. The Labute approximate surface area is 191 Å². The maximum atomic E-state index is 13.1. The Morgan fingerprint density at radius 2 is 1.61 bits per heavy atom. The smallest absolute Gasteiger partial charge is 0.448 e. The summed E-state index contributed by atoms with van der Waals surface area (Å²) < 4.78 is 45.1. The Morgan fingerprint density at radius 1 is 1.03 bits per heavy atom. The summed E-state index contributed by atoms with van der Waals surface area (Å²) in [5.74, 6) is -0.367. The van der Waals surface area contributed by atoms with Crippen molar-refractivity contribution in [3.8, 4) is 16.9 Å². The predicted octanol–water partition coefficient (Wildman–Crippen LogP) is 4.72. The lowest BCUT2D eigenvalue weighted by Crippen LogP contribution is -2.20. The SMILES string of the molecule is Cc1c(CN)cc(OS(=O)(=O)F)c(C)c1NC(=O)OCC1c2ccccc2-c2ccccc21. The molecule has 0 saturated carbocycles. The molecule has 0 aromatic heterocycles. The molecule has 0 spiro atoms. The van der Waals surface area contributed by atoms with E-state index in [1.807, 2.05) is 48.5 Å². The summed E-state index contributed by atoms with van der Waals surface area (Å²) in [5.41, 5.74) is 11.7. The molecule has 0 bridgehead atoms. The van der Waals surface area contributed by atoms with E-state index in [-0.39, 0.29) is 36.1 Å². The minimum Gasteiger partial charge on any atom is -0.448 e. The monoisotopic (exact) mass is 470 g/mol. The molecule has 0 atom stereocenters. The Balaban J connectivity index is 1.56. The lowest BCUT2D eigenvalue weighted by molar-refractivity contribution is 0.158. The number of nitrogens with one attached hydrogen (secondary N) is 1. The number of benzene rings is 3. The number of nitrogens with two attached hydrogens (primary N) is 1. The van der Waals surface area contributed by atoms with Crippen LogP contribution in [-0.4, -0.2) is 21.1 Å². The molecule has 7 nitrogen and oxygen atoms in total. The number of halogens is 1. The first-order valence-electron chi connectivity index (χ1n) is 10.3. The molecule has 0 radical (unpaired) electrons. The summed E-state index contributed by atoms with van der Waals surface area (Å²) in [7, 11) is -5.25. The second-order valence-electron chi connectivity index (χ2n) is 7.79. The van der Waals surface area contributed by atoms with E-state index in [0.717, 1.165) is 22.3 Å². The third kappa shape index (κ3) is 4.55. The van der Waals surface area contributed by atoms with Crippen molar-refractivity contribution in [3.05, 3.63) is 82.4 Å². The lowest BCUT2D eigenvalue weighted by Gasteiger charge is -2.19. The maximum absolute atomic E-state index is 13.1. The molecule has 0 heterocycles. The molecular formula is C24H23FN2O5S. The van der Waals surface area contributed by atoms with E-state index >= 15 is 0 Å². The minimum absolute atomic E-state index is 0.0359. The van der Waals surface area contributed by atoms with E-state index in [2.05, 4.69) is 9.50 Å². The zero-order valence-electron chi connectivity index (χ0n) is 18.1. The van der Waals surface area contributed by atoms with Gasteiger partial charge in [-0.25, -0.2) is 4.79 Å². The third-order valence-electron chi connectivity index (χ3n) is 5.89. The third-order valence-corrected chi connectivity index (χ3v) is 6.27. The summed E-state index contributed by atoms with van der Waals surface area (Å²) >= 11 is 0. The van der Waals surface area contributed by atoms with Crippen molar-refractivity contribution in [2.75, 3.05) is 11.9 Å². The van der Waals surface area contributed by atoms with Crippen LogP contribution in [0.4, 0.5) is 14.4 Å². The molecule has 0 fully saturated rings. The van der Waals surface area contributed by atoms with Crippen LogP contribution < -0.4 is 15.2 Å². The van der Waals surface area contributed by atoms with Gasteiger partial charge in [0, 0.05) is 18.0 Å². The van der Waals surface area contributed by atoms with Crippen LogP contribution in [0.15, 0.2) is 54.6 Å². The van der Waals surface area contributed by atoms with Crippen LogP contribution in [0.3, 0.4) is 0 Å². The molecule has 1 amide bonds. The highest BCUT2D eigenvalue weighted by Crippen LogP contribution is 2.44. The van der Waals surface area contributed by atoms with Gasteiger partial charge in [0.15, 0.2) is 5.75 Å². The first-order chi connectivity index (χ1) is 15.7. The molecule has 0 saturated heterocycles. The van der Waals surface area contributed by atoms with E-state index in [4.69, 9.17) is 10.5 Å². The van der Waals surface area contributed by atoms with E-state index in [9.17, 15) is 17.1 Å². The van der Waals surface area contributed by atoms with E-state index in [1.165, 1.54) is 13.0 Å². The number of ether oxygens (including phenoxy) is 1. The molecule has 1 aliphatic carbocycles. The average Bonchev–Trinajstić information content (AvgIpc) is 3.10. The van der Waals surface area contributed by atoms with Crippen LogP contribution in [0.5, 0.6) is 5.75 Å². The second kappa shape index (κ2) is 8.84. The van der Waals surface area contributed by atoms with Crippen molar-refractivity contribution in [2.24, 2.45) is 5.73 Å². The predicted molar refractivity (Wildman–Crippen MR) is 123 cm³/mol. The van der Waals surface area contributed by atoms with Crippen LogP contribution in [0.25, 0.3) is 11.1 Å². The van der Waals surface area contributed by atoms with Crippen molar-refractivity contribution >= 4 is 22.3 Å². The molecule has 3 aromatic rings. The minimum atomic E-state index is -5.25. The van der Waals surface area contributed by atoms with Gasteiger partial charge in [-0.3, -0.25) is 5.32 Å². The van der Waals surface area contributed by atoms with Gasteiger partial charge in [0.2, 0.25) is 0 Å². The fourth-order valence-corrected chi connectivity index (χ4v) is 4.66. The number of fused-ring (bicyclic) bond motifs is 3. The first kappa shape index (κ1) is 22.8. The molecule has 4 rings (SSSR count). The van der Waals surface area contributed by atoms with Gasteiger partial charge in [-0.15, -0.1) is 0 Å². The van der Waals surface area contributed by atoms with Crippen molar-refractivity contribution in [3.63, 3.8) is 0 Å². The Morgan fingerprint density at radius 3 is 2.15 bits per heavy atom. The van der Waals surface area contributed by atoms with Crippen LogP contribution in [0.1, 0.15) is 33.7 Å². The number of carbonyl (C=O) groups is 1. The molecule has 1 aliphatic rings. The van der Waals surface area contributed by atoms with Gasteiger partial charge >= 0.3 is 16.6 Å². The largest absolute Gasteiger partial charge is 0.488 e. The molecule has 3 N–H and O–H groups in total. The van der Waals surface area contributed by atoms with E-state index < -0.39 is 16.6 Å². The fourth-order valence-electron chi connectivity index (χ4n) is 4.27. The van der Waals surface area contributed by atoms with E-state index in [1.54, 1.807) is 6.92 Å².